The maximum absolute atomic E-state index is 11.9. The predicted octanol–water partition coefficient (Wildman–Crippen LogP) is 1.61. The third-order valence-corrected chi connectivity index (χ3v) is 2.68. The molecule has 1 atom stereocenters. The maximum atomic E-state index is 11.9. The molecule has 6 heteroatoms. The number of nitrogens with one attached hydrogen (secondary N) is 1. The number of carbonyl (C=O) groups is 3. The molecule has 1 unspecified atom stereocenters. The summed E-state index contributed by atoms with van der Waals surface area (Å²) >= 11 is 0. The zero-order valence-corrected chi connectivity index (χ0v) is 11.3. The molecule has 6 nitrogen and oxygen atoms in total. The lowest BCUT2D eigenvalue weighted by molar-refractivity contribution is -0.139. The Morgan fingerprint density at radius 1 is 1.15 bits per heavy atom. The SMILES string of the molecule is CC(C)CC(NC(=O)c1cccc(C(=O)O)c1)C(=O)O. The van der Waals surface area contributed by atoms with Gasteiger partial charge in [-0.2, -0.15) is 0 Å². The Bertz CT molecular complexity index is 524. The number of rotatable bonds is 6. The predicted molar refractivity (Wildman–Crippen MR) is 71.7 cm³/mol. The van der Waals surface area contributed by atoms with Gasteiger partial charge in [0.25, 0.3) is 5.91 Å². The molecule has 1 rings (SSSR count). The van der Waals surface area contributed by atoms with E-state index in [9.17, 15) is 14.4 Å². The number of hydrogen-bond donors (Lipinski definition) is 3. The van der Waals surface area contributed by atoms with Crippen molar-refractivity contribution in [3.8, 4) is 0 Å². The molecule has 1 aromatic rings. The average Bonchev–Trinajstić information content (AvgIpc) is 2.37. The van der Waals surface area contributed by atoms with E-state index in [2.05, 4.69) is 5.32 Å². The first-order valence-corrected chi connectivity index (χ1v) is 6.18. The Morgan fingerprint density at radius 2 is 1.75 bits per heavy atom. The molecule has 0 saturated carbocycles. The van der Waals surface area contributed by atoms with E-state index in [1.807, 2.05) is 13.8 Å². The zero-order valence-electron chi connectivity index (χ0n) is 11.3. The van der Waals surface area contributed by atoms with E-state index in [0.717, 1.165) is 0 Å². The van der Waals surface area contributed by atoms with Gasteiger partial charge in [-0.15, -0.1) is 0 Å². The molecule has 0 fully saturated rings. The summed E-state index contributed by atoms with van der Waals surface area (Å²) in [4.78, 5) is 33.8. The van der Waals surface area contributed by atoms with Crippen molar-refractivity contribution >= 4 is 17.8 Å². The Hall–Kier alpha value is -2.37. The number of carboxylic acid groups (broad SMARTS) is 2. The second-order valence-electron chi connectivity index (χ2n) is 4.88. The van der Waals surface area contributed by atoms with Crippen LogP contribution in [0.25, 0.3) is 0 Å². The minimum Gasteiger partial charge on any atom is -0.480 e. The summed E-state index contributed by atoms with van der Waals surface area (Å²) in [5, 5.41) is 20.3. The van der Waals surface area contributed by atoms with Gasteiger partial charge in [0, 0.05) is 5.56 Å². The van der Waals surface area contributed by atoms with Gasteiger partial charge in [0.2, 0.25) is 0 Å². The third-order valence-electron chi connectivity index (χ3n) is 2.68. The highest BCUT2D eigenvalue weighted by Crippen LogP contribution is 2.09. The summed E-state index contributed by atoms with van der Waals surface area (Å²) < 4.78 is 0. The minimum absolute atomic E-state index is 0.0200. The third kappa shape index (κ3) is 4.38. The number of hydrogen-bond acceptors (Lipinski definition) is 3. The summed E-state index contributed by atoms with van der Waals surface area (Å²) in [5.41, 5.74) is 0.105. The van der Waals surface area contributed by atoms with E-state index >= 15 is 0 Å². The second-order valence-corrected chi connectivity index (χ2v) is 4.88. The Labute approximate surface area is 116 Å². The van der Waals surface area contributed by atoms with Crippen LogP contribution in [0, 0.1) is 5.92 Å². The highest BCUT2D eigenvalue weighted by Gasteiger charge is 2.22. The highest BCUT2D eigenvalue weighted by molar-refractivity contribution is 5.99. The van der Waals surface area contributed by atoms with Crippen molar-refractivity contribution in [2.45, 2.75) is 26.3 Å². The smallest absolute Gasteiger partial charge is 0.335 e. The van der Waals surface area contributed by atoms with E-state index in [-0.39, 0.29) is 17.0 Å². The second kappa shape index (κ2) is 6.70. The Morgan fingerprint density at radius 3 is 2.25 bits per heavy atom. The molecule has 0 bridgehead atoms. The summed E-state index contributed by atoms with van der Waals surface area (Å²) in [6, 6.07) is 4.47. The van der Waals surface area contributed by atoms with Crippen molar-refractivity contribution in [2.24, 2.45) is 5.92 Å². The maximum Gasteiger partial charge on any atom is 0.335 e. The van der Waals surface area contributed by atoms with Crippen LogP contribution < -0.4 is 5.32 Å². The molecule has 0 radical (unpaired) electrons. The van der Waals surface area contributed by atoms with E-state index in [1.54, 1.807) is 0 Å². The fourth-order valence-electron chi connectivity index (χ4n) is 1.73. The van der Waals surface area contributed by atoms with Crippen molar-refractivity contribution < 1.29 is 24.6 Å². The van der Waals surface area contributed by atoms with Gasteiger partial charge in [-0.3, -0.25) is 4.79 Å². The van der Waals surface area contributed by atoms with Crippen LogP contribution in [0.3, 0.4) is 0 Å². The van der Waals surface area contributed by atoms with Gasteiger partial charge >= 0.3 is 11.9 Å². The number of amides is 1. The van der Waals surface area contributed by atoms with Crippen LogP contribution in [0.1, 0.15) is 41.0 Å². The Balaban J connectivity index is 2.86. The minimum atomic E-state index is -1.14. The van der Waals surface area contributed by atoms with Crippen LogP contribution in [0.5, 0.6) is 0 Å². The van der Waals surface area contributed by atoms with Crippen molar-refractivity contribution in [2.75, 3.05) is 0 Å². The van der Waals surface area contributed by atoms with Crippen molar-refractivity contribution in [3.63, 3.8) is 0 Å². The fourth-order valence-corrected chi connectivity index (χ4v) is 1.73. The van der Waals surface area contributed by atoms with Crippen LogP contribution >= 0.6 is 0 Å². The lowest BCUT2D eigenvalue weighted by Gasteiger charge is -2.16. The molecular weight excluding hydrogens is 262 g/mol. The summed E-state index contributed by atoms with van der Waals surface area (Å²) in [5.74, 6) is -2.74. The monoisotopic (exact) mass is 279 g/mol. The van der Waals surface area contributed by atoms with Crippen LogP contribution in [0.4, 0.5) is 0 Å². The topological polar surface area (TPSA) is 104 Å². The summed E-state index contributed by atoms with van der Waals surface area (Å²) in [6.07, 6.45) is 0.305. The van der Waals surface area contributed by atoms with Gasteiger partial charge < -0.3 is 15.5 Å². The normalized spacial score (nSPS) is 11.9. The van der Waals surface area contributed by atoms with Gasteiger partial charge in [0.1, 0.15) is 6.04 Å². The molecule has 3 N–H and O–H groups in total. The van der Waals surface area contributed by atoms with Gasteiger partial charge in [-0.25, -0.2) is 9.59 Å². The first-order chi connectivity index (χ1) is 9.31. The molecule has 1 aromatic carbocycles. The van der Waals surface area contributed by atoms with Crippen LogP contribution in [0.2, 0.25) is 0 Å². The van der Waals surface area contributed by atoms with Crippen molar-refractivity contribution in [1.29, 1.82) is 0 Å². The lowest BCUT2D eigenvalue weighted by atomic mass is 10.0. The molecule has 0 aliphatic rings. The number of benzene rings is 1. The molecule has 0 aromatic heterocycles. The molecular formula is C14H17NO5. The number of carbonyl (C=O) groups excluding carboxylic acids is 1. The number of carboxylic acids is 2. The highest BCUT2D eigenvalue weighted by atomic mass is 16.4. The Kier molecular flexibility index (Phi) is 5.25. The van der Waals surface area contributed by atoms with Crippen molar-refractivity contribution in [1.82, 2.24) is 5.32 Å². The first-order valence-electron chi connectivity index (χ1n) is 6.18. The van der Waals surface area contributed by atoms with Gasteiger partial charge in [0.15, 0.2) is 0 Å². The fraction of sp³-hybridized carbons (Fsp3) is 0.357. The van der Waals surface area contributed by atoms with E-state index in [4.69, 9.17) is 10.2 Å². The first kappa shape index (κ1) is 15.7. The molecule has 0 spiro atoms. The zero-order chi connectivity index (χ0) is 15.3. The quantitative estimate of drug-likeness (QED) is 0.734. The number of aromatic carboxylic acids is 1. The lowest BCUT2D eigenvalue weighted by Crippen LogP contribution is -2.41. The molecule has 0 heterocycles. The molecule has 20 heavy (non-hydrogen) atoms. The molecule has 0 saturated heterocycles. The van der Waals surface area contributed by atoms with Gasteiger partial charge in [0.05, 0.1) is 5.56 Å². The van der Waals surface area contributed by atoms with Crippen LogP contribution in [-0.2, 0) is 4.79 Å². The summed E-state index contributed by atoms with van der Waals surface area (Å²) in [7, 11) is 0. The van der Waals surface area contributed by atoms with E-state index < -0.39 is 23.9 Å². The van der Waals surface area contributed by atoms with Gasteiger partial charge in [-0.1, -0.05) is 19.9 Å². The van der Waals surface area contributed by atoms with Crippen LogP contribution in [0.15, 0.2) is 24.3 Å². The van der Waals surface area contributed by atoms with E-state index in [1.165, 1.54) is 24.3 Å². The standard InChI is InChI=1S/C14H17NO5/c1-8(2)6-11(14(19)20)15-12(16)9-4-3-5-10(7-9)13(17)18/h3-5,7-8,11H,6H2,1-2H3,(H,15,16)(H,17,18)(H,19,20). The average molecular weight is 279 g/mol. The molecule has 1 amide bonds. The molecule has 108 valence electrons. The number of aliphatic carboxylic acids is 1. The summed E-state index contributed by atoms with van der Waals surface area (Å²) in [6.45, 7) is 3.71. The van der Waals surface area contributed by atoms with Crippen molar-refractivity contribution in [3.05, 3.63) is 35.4 Å². The van der Waals surface area contributed by atoms with E-state index in [0.29, 0.717) is 6.42 Å². The molecule has 0 aliphatic carbocycles. The largest absolute Gasteiger partial charge is 0.480 e. The van der Waals surface area contributed by atoms with Gasteiger partial charge in [-0.05, 0) is 30.5 Å². The molecule has 0 aliphatic heterocycles. The van der Waals surface area contributed by atoms with Crippen LogP contribution in [-0.4, -0.2) is 34.1 Å².